The maximum Gasteiger partial charge on any atom is 0.222 e. The van der Waals surface area contributed by atoms with Gasteiger partial charge in [0.25, 0.3) is 0 Å². The lowest BCUT2D eigenvalue weighted by Gasteiger charge is -2.31. The number of halogens is 4. The highest BCUT2D eigenvalue weighted by atomic mass is 79.9. The second-order valence-corrected chi connectivity index (χ2v) is 7.50. The molecule has 0 aromatic carbocycles. The first-order valence-electron chi connectivity index (χ1n) is 3.72. The van der Waals surface area contributed by atoms with Crippen molar-refractivity contribution in [3.05, 3.63) is 0 Å². The van der Waals surface area contributed by atoms with Crippen molar-refractivity contribution in [2.24, 2.45) is 5.92 Å². The van der Waals surface area contributed by atoms with Crippen LogP contribution in [0.2, 0.25) is 0 Å². The SMILES string of the molecule is FC(Br)(Br)C1CCCCC1Br. The summed E-state index contributed by atoms with van der Waals surface area (Å²) >= 11 is 9.49. The van der Waals surface area contributed by atoms with Crippen LogP contribution in [-0.2, 0) is 0 Å². The van der Waals surface area contributed by atoms with Crippen LogP contribution in [0.25, 0.3) is 0 Å². The van der Waals surface area contributed by atoms with Gasteiger partial charge < -0.3 is 0 Å². The number of hydrogen-bond acceptors (Lipinski definition) is 0. The van der Waals surface area contributed by atoms with Crippen molar-refractivity contribution in [3.63, 3.8) is 0 Å². The van der Waals surface area contributed by atoms with Crippen LogP contribution in [0.3, 0.4) is 0 Å². The van der Waals surface area contributed by atoms with Gasteiger partial charge in [-0.15, -0.1) is 0 Å². The van der Waals surface area contributed by atoms with Gasteiger partial charge in [-0.2, -0.15) is 0 Å². The zero-order chi connectivity index (χ0) is 8.48. The van der Waals surface area contributed by atoms with Gasteiger partial charge in [0, 0.05) is 10.7 Å². The normalized spacial score (nSPS) is 33.8. The van der Waals surface area contributed by atoms with E-state index < -0.39 is 3.49 Å². The van der Waals surface area contributed by atoms with E-state index >= 15 is 0 Å². The van der Waals surface area contributed by atoms with E-state index in [0.717, 1.165) is 19.3 Å². The Hall–Kier alpha value is 1.37. The van der Waals surface area contributed by atoms with Crippen LogP contribution in [0.1, 0.15) is 25.7 Å². The molecular formula is C7H10Br3F. The molecule has 1 rings (SSSR count). The second kappa shape index (κ2) is 4.05. The highest BCUT2D eigenvalue weighted by molar-refractivity contribution is 9.25. The van der Waals surface area contributed by atoms with Gasteiger partial charge >= 0.3 is 0 Å². The Balaban J connectivity index is 2.55. The summed E-state index contributed by atoms with van der Waals surface area (Å²) in [7, 11) is 0. The van der Waals surface area contributed by atoms with Crippen LogP contribution < -0.4 is 0 Å². The molecule has 1 aliphatic carbocycles. The number of alkyl halides is 4. The Labute approximate surface area is 91.7 Å². The minimum Gasteiger partial charge on any atom is -0.218 e. The summed E-state index contributed by atoms with van der Waals surface area (Å²) in [6.07, 6.45) is 4.37. The van der Waals surface area contributed by atoms with Gasteiger partial charge in [0.15, 0.2) is 0 Å². The quantitative estimate of drug-likeness (QED) is 0.615. The highest BCUT2D eigenvalue weighted by Gasteiger charge is 2.39. The molecule has 0 saturated heterocycles. The van der Waals surface area contributed by atoms with Crippen LogP contribution in [0.5, 0.6) is 0 Å². The molecule has 0 aliphatic heterocycles. The fraction of sp³-hybridized carbons (Fsp3) is 1.00. The molecular weight excluding hydrogens is 343 g/mol. The van der Waals surface area contributed by atoms with Crippen LogP contribution in [0.4, 0.5) is 4.39 Å². The molecule has 11 heavy (non-hydrogen) atoms. The fourth-order valence-corrected chi connectivity index (χ4v) is 4.21. The maximum atomic E-state index is 13.3. The molecule has 0 nitrogen and oxygen atoms in total. The Morgan fingerprint density at radius 1 is 1.18 bits per heavy atom. The molecule has 1 aliphatic rings. The van der Waals surface area contributed by atoms with E-state index in [-0.39, 0.29) is 5.92 Å². The van der Waals surface area contributed by atoms with E-state index in [0.29, 0.717) is 4.83 Å². The molecule has 1 fully saturated rings. The average Bonchev–Trinajstić information content (AvgIpc) is 1.86. The molecule has 2 atom stereocenters. The van der Waals surface area contributed by atoms with Crippen molar-refractivity contribution >= 4 is 47.8 Å². The molecule has 0 N–H and O–H groups in total. The Morgan fingerprint density at radius 3 is 2.09 bits per heavy atom. The predicted octanol–water partition coefficient (Wildman–Crippen LogP) is 4.35. The fourth-order valence-electron chi connectivity index (χ4n) is 1.45. The lowest BCUT2D eigenvalue weighted by molar-refractivity contribution is 0.249. The molecule has 2 unspecified atom stereocenters. The summed E-state index contributed by atoms with van der Waals surface area (Å²) in [5.74, 6) is 0.0521. The van der Waals surface area contributed by atoms with E-state index in [1.54, 1.807) is 0 Å². The first kappa shape index (κ1) is 10.5. The molecule has 66 valence electrons. The summed E-state index contributed by atoms with van der Waals surface area (Å²) in [6, 6.07) is 0. The van der Waals surface area contributed by atoms with Gasteiger partial charge in [-0.25, -0.2) is 4.39 Å². The Kier molecular flexibility index (Phi) is 3.85. The number of rotatable bonds is 1. The standard InChI is InChI=1S/C7H10Br3F/c8-6-4-2-1-3-5(6)7(9,10)11/h5-6H,1-4H2. The summed E-state index contributed by atoms with van der Waals surface area (Å²) in [6.45, 7) is 0. The van der Waals surface area contributed by atoms with Crippen molar-refractivity contribution in [2.75, 3.05) is 0 Å². The average molecular weight is 353 g/mol. The first-order chi connectivity index (χ1) is 5.02. The van der Waals surface area contributed by atoms with Crippen LogP contribution in [0.15, 0.2) is 0 Å². The molecule has 0 aromatic rings. The van der Waals surface area contributed by atoms with Crippen molar-refractivity contribution in [1.82, 2.24) is 0 Å². The Morgan fingerprint density at radius 2 is 1.73 bits per heavy atom. The Bertz CT molecular complexity index is 132. The highest BCUT2D eigenvalue weighted by Crippen LogP contribution is 2.46. The van der Waals surface area contributed by atoms with E-state index in [1.165, 1.54) is 6.42 Å². The molecule has 1 saturated carbocycles. The topological polar surface area (TPSA) is 0 Å². The van der Waals surface area contributed by atoms with Crippen molar-refractivity contribution in [2.45, 2.75) is 34.0 Å². The summed E-state index contributed by atoms with van der Waals surface area (Å²) < 4.78 is 11.9. The second-order valence-electron chi connectivity index (χ2n) is 2.95. The van der Waals surface area contributed by atoms with Gasteiger partial charge in [-0.3, -0.25) is 0 Å². The zero-order valence-corrected chi connectivity index (χ0v) is 10.8. The lowest BCUT2D eigenvalue weighted by atomic mass is 9.90. The smallest absolute Gasteiger partial charge is 0.218 e. The molecule has 0 heterocycles. The van der Waals surface area contributed by atoms with E-state index in [4.69, 9.17) is 0 Å². The van der Waals surface area contributed by atoms with Crippen LogP contribution in [-0.4, -0.2) is 8.31 Å². The molecule has 0 spiro atoms. The molecule has 4 heteroatoms. The summed E-state index contributed by atoms with van der Waals surface area (Å²) in [5, 5.41) is 0. The van der Waals surface area contributed by atoms with Gasteiger partial charge in [0.2, 0.25) is 3.49 Å². The van der Waals surface area contributed by atoms with Crippen molar-refractivity contribution in [1.29, 1.82) is 0 Å². The first-order valence-corrected chi connectivity index (χ1v) is 6.23. The van der Waals surface area contributed by atoms with Gasteiger partial charge in [0.1, 0.15) is 0 Å². The summed E-state index contributed by atoms with van der Waals surface area (Å²) in [4.78, 5) is 0.306. The van der Waals surface area contributed by atoms with Crippen LogP contribution >= 0.6 is 47.8 Å². The van der Waals surface area contributed by atoms with Crippen LogP contribution in [0, 0.1) is 5.92 Å². The van der Waals surface area contributed by atoms with Gasteiger partial charge in [0.05, 0.1) is 0 Å². The molecule has 0 bridgehead atoms. The minimum atomic E-state index is -1.38. The molecule has 0 aromatic heterocycles. The number of hydrogen-bond donors (Lipinski definition) is 0. The van der Waals surface area contributed by atoms with E-state index in [9.17, 15) is 4.39 Å². The lowest BCUT2D eigenvalue weighted by Crippen LogP contribution is -2.30. The largest absolute Gasteiger partial charge is 0.222 e. The third-order valence-electron chi connectivity index (χ3n) is 2.10. The predicted molar refractivity (Wildman–Crippen MR) is 56.4 cm³/mol. The molecule has 0 amide bonds. The van der Waals surface area contributed by atoms with Gasteiger partial charge in [-0.05, 0) is 44.7 Å². The van der Waals surface area contributed by atoms with Crippen molar-refractivity contribution < 1.29 is 4.39 Å². The monoisotopic (exact) mass is 350 g/mol. The summed E-state index contributed by atoms with van der Waals surface area (Å²) in [5.41, 5.74) is 0. The van der Waals surface area contributed by atoms with E-state index in [1.807, 2.05) is 0 Å². The maximum absolute atomic E-state index is 13.3. The van der Waals surface area contributed by atoms with Crippen molar-refractivity contribution in [3.8, 4) is 0 Å². The molecule has 0 radical (unpaired) electrons. The third-order valence-corrected chi connectivity index (χ3v) is 4.37. The zero-order valence-electron chi connectivity index (χ0n) is 5.99. The van der Waals surface area contributed by atoms with E-state index in [2.05, 4.69) is 47.8 Å². The third kappa shape index (κ3) is 2.96. The van der Waals surface area contributed by atoms with Gasteiger partial charge in [-0.1, -0.05) is 28.8 Å². The minimum absolute atomic E-state index is 0.0521.